The highest BCUT2D eigenvalue weighted by Crippen LogP contribution is 2.24. The fourth-order valence-electron chi connectivity index (χ4n) is 1.69. The molecule has 0 amide bonds. The number of hydrogen-bond donors (Lipinski definition) is 1. The average molecular weight is 326 g/mol. The molecular formula is C13H16BrN3O2. The summed E-state index contributed by atoms with van der Waals surface area (Å²) in [6, 6.07) is 5.92. The van der Waals surface area contributed by atoms with E-state index in [2.05, 4.69) is 26.1 Å². The van der Waals surface area contributed by atoms with Gasteiger partial charge >= 0.3 is 0 Å². The van der Waals surface area contributed by atoms with Gasteiger partial charge in [0.2, 0.25) is 11.7 Å². The topological polar surface area (TPSA) is 74.2 Å². The van der Waals surface area contributed by atoms with Gasteiger partial charge in [0.25, 0.3) is 0 Å². The quantitative estimate of drug-likeness (QED) is 0.914. The van der Waals surface area contributed by atoms with Crippen LogP contribution in [-0.4, -0.2) is 16.2 Å². The van der Waals surface area contributed by atoms with Gasteiger partial charge in [-0.1, -0.05) is 21.1 Å². The third-order valence-corrected chi connectivity index (χ3v) is 3.27. The maximum Gasteiger partial charge on any atom is 0.223 e. The van der Waals surface area contributed by atoms with Crippen LogP contribution in [0.2, 0.25) is 0 Å². The molecule has 2 N–H and O–H groups in total. The van der Waals surface area contributed by atoms with Gasteiger partial charge in [-0.15, -0.1) is 0 Å². The second-order valence-corrected chi connectivity index (χ2v) is 5.31. The number of rotatable bonds is 5. The van der Waals surface area contributed by atoms with Gasteiger partial charge in [0.15, 0.2) is 6.61 Å². The second kappa shape index (κ2) is 6.16. The number of nitrogens with two attached hydrogens (primary N) is 1. The molecule has 1 aromatic carbocycles. The maximum atomic E-state index is 5.82. The lowest BCUT2D eigenvalue weighted by Gasteiger charge is -2.10. The first-order valence-electron chi connectivity index (χ1n) is 6.00. The molecule has 2 aromatic rings. The first-order chi connectivity index (χ1) is 9.04. The van der Waals surface area contributed by atoms with Crippen LogP contribution < -0.4 is 10.5 Å². The predicted molar refractivity (Wildman–Crippen MR) is 74.9 cm³/mol. The Balaban J connectivity index is 2.04. The summed E-state index contributed by atoms with van der Waals surface area (Å²) in [7, 11) is 0. The minimum Gasteiger partial charge on any atom is -0.485 e. The molecular weight excluding hydrogens is 310 g/mol. The molecule has 0 saturated carbocycles. The van der Waals surface area contributed by atoms with Crippen molar-refractivity contribution in [1.82, 2.24) is 10.1 Å². The van der Waals surface area contributed by atoms with Crippen LogP contribution >= 0.6 is 15.9 Å². The number of ether oxygens (including phenoxy) is 1. The van der Waals surface area contributed by atoms with Crippen molar-refractivity contribution in [2.24, 2.45) is 5.73 Å². The van der Waals surface area contributed by atoms with Gasteiger partial charge in [-0.2, -0.15) is 4.98 Å². The van der Waals surface area contributed by atoms with Crippen LogP contribution in [0.4, 0.5) is 0 Å². The minimum absolute atomic E-state index is 0.103. The molecule has 19 heavy (non-hydrogen) atoms. The van der Waals surface area contributed by atoms with Crippen molar-refractivity contribution in [3.05, 3.63) is 40.0 Å². The van der Waals surface area contributed by atoms with Gasteiger partial charge in [0.1, 0.15) is 5.75 Å². The highest BCUT2D eigenvalue weighted by atomic mass is 79.9. The van der Waals surface area contributed by atoms with Crippen LogP contribution in [0.25, 0.3) is 0 Å². The fraction of sp³-hybridized carbons (Fsp3) is 0.385. The molecule has 0 radical (unpaired) electrons. The first-order valence-corrected chi connectivity index (χ1v) is 6.80. The Bertz CT molecular complexity index is 555. The molecule has 0 aliphatic rings. The molecule has 2 rings (SSSR count). The van der Waals surface area contributed by atoms with E-state index >= 15 is 0 Å². The monoisotopic (exact) mass is 325 g/mol. The molecule has 0 bridgehead atoms. The van der Waals surface area contributed by atoms with Crippen molar-refractivity contribution >= 4 is 15.9 Å². The lowest BCUT2D eigenvalue weighted by molar-refractivity contribution is 0.285. The Kier molecular flexibility index (Phi) is 4.55. The van der Waals surface area contributed by atoms with Gasteiger partial charge in [0, 0.05) is 17.4 Å². The Morgan fingerprint density at radius 1 is 1.47 bits per heavy atom. The molecule has 6 heteroatoms. The first kappa shape index (κ1) is 14.0. The lowest BCUT2D eigenvalue weighted by Crippen LogP contribution is -2.18. The zero-order chi connectivity index (χ0) is 13.8. The summed E-state index contributed by atoms with van der Waals surface area (Å²) in [4.78, 5) is 4.08. The van der Waals surface area contributed by atoms with E-state index < -0.39 is 0 Å². The highest BCUT2D eigenvalue weighted by molar-refractivity contribution is 9.10. The SMILES string of the molecule is Cc1nc(COc2ccc(Br)c(CC(C)N)c2)no1. The standard InChI is InChI=1S/C13H16BrN3O2/c1-8(15)5-10-6-11(3-4-12(10)14)18-7-13-16-9(2)19-17-13/h3-4,6,8H,5,7,15H2,1-2H3. The number of benzene rings is 1. The average Bonchev–Trinajstić information content (AvgIpc) is 2.75. The van der Waals surface area contributed by atoms with E-state index in [1.165, 1.54) is 0 Å². The molecule has 1 aromatic heterocycles. The third kappa shape index (κ3) is 4.04. The van der Waals surface area contributed by atoms with Crippen molar-refractivity contribution in [2.45, 2.75) is 32.9 Å². The zero-order valence-electron chi connectivity index (χ0n) is 10.9. The van der Waals surface area contributed by atoms with E-state index in [1.54, 1.807) is 6.92 Å². The Hall–Kier alpha value is -1.40. The molecule has 102 valence electrons. The summed E-state index contributed by atoms with van der Waals surface area (Å²) >= 11 is 3.51. The van der Waals surface area contributed by atoms with Crippen LogP contribution in [-0.2, 0) is 13.0 Å². The van der Waals surface area contributed by atoms with Crippen LogP contribution in [0.15, 0.2) is 27.2 Å². The van der Waals surface area contributed by atoms with Gasteiger partial charge in [0.05, 0.1) is 0 Å². The van der Waals surface area contributed by atoms with Crippen LogP contribution in [0, 0.1) is 6.92 Å². The van der Waals surface area contributed by atoms with E-state index in [1.807, 2.05) is 25.1 Å². The molecule has 1 heterocycles. The van der Waals surface area contributed by atoms with E-state index in [0.717, 1.165) is 22.2 Å². The molecule has 0 fully saturated rings. The van der Waals surface area contributed by atoms with E-state index in [9.17, 15) is 0 Å². The van der Waals surface area contributed by atoms with Crippen molar-refractivity contribution < 1.29 is 9.26 Å². The smallest absolute Gasteiger partial charge is 0.223 e. The molecule has 5 nitrogen and oxygen atoms in total. The third-order valence-electron chi connectivity index (χ3n) is 2.50. The molecule has 0 saturated heterocycles. The van der Waals surface area contributed by atoms with Gasteiger partial charge < -0.3 is 15.0 Å². The summed E-state index contributed by atoms with van der Waals surface area (Å²) in [6.45, 7) is 4.01. The number of hydrogen-bond acceptors (Lipinski definition) is 5. The summed E-state index contributed by atoms with van der Waals surface area (Å²) in [5, 5.41) is 3.78. The number of aromatic nitrogens is 2. The molecule has 1 unspecified atom stereocenters. The molecule has 0 aliphatic carbocycles. The van der Waals surface area contributed by atoms with Crippen LogP contribution in [0.1, 0.15) is 24.2 Å². The molecule has 0 spiro atoms. The minimum atomic E-state index is 0.103. The predicted octanol–water partition coefficient (Wildman–Crippen LogP) is 2.61. The maximum absolute atomic E-state index is 5.82. The van der Waals surface area contributed by atoms with Gasteiger partial charge in [-0.25, -0.2) is 0 Å². The van der Waals surface area contributed by atoms with Crippen molar-refractivity contribution in [2.75, 3.05) is 0 Å². The molecule has 0 aliphatic heterocycles. The molecule has 1 atom stereocenters. The van der Waals surface area contributed by atoms with Crippen LogP contribution in [0.5, 0.6) is 5.75 Å². The van der Waals surface area contributed by atoms with Gasteiger partial charge in [-0.3, -0.25) is 0 Å². The normalized spacial score (nSPS) is 12.4. The summed E-state index contributed by atoms with van der Waals surface area (Å²) in [5.74, 6) is 1.84. The summed E-state index contributed by atoms with van der Waals surface area (Å²) < 4.78 is 11.6. The number of halogens is 1. The number of nitrogens with zero attached hydrogens (tertiary/aromatic N) is 2. The van der Waals surface area contributed by atoms with Crippen molar-refractivity contribution in [3.8, 4) is 5.75 Å². The van der Waals surface area contributed by atoms with E-state index in [4.69, 9.17) is 15.0 Å². The highest BCUT2D eigenvalue weighted by Gasteiger charge is 2.07. The van der Waals surface area contributed by atoms with E-state index in [0.29, 0.717) is 11.7 Å². The Morgan fingerprint density at radius 3 is 2.89 bits per heavy atom. The Morgan fingerprint density at radius 2 is 2.26 bits per heavy atom. The lowest BCUT2D eigenvalue weighted by atomic mass is 10.1. The largest absolute Gasteiger partial charge is 0.485 e. The second-order valence-electron chi connectivity index (χ2n) is 4.45. The van der Waals surface area contributed by atoms with Crippen molar-refractivity contribution in [1.29, 1.82) is 0 Å². The van der Waals surface area contributed by atoms with Crippen molar-refractivity contribution in [3.63, 3.8) is 0 Å². The zero-order valence-corrected chi connectivity index (χ0v) is 12.5. The van der Waals surface area contributed by atoms with Gasteiger partial charge in [-0.05, 0) is 37.1 Å². The van der Waals surface area contributed by atoms with E-state index in [-0.39, 0.29) is 12.6 Å². The summed E-state index contributed by atoms with van der Waals surface area (Å²) in [5.41, 5.74) is 6.94. The fourth-order valence-corrected chi connectivity index (χ4v) is 2.10. The number of aryl methyl sites for hydroxylation is 1. The van der Waals surface area contributed by atoms with Crippen LogP contribution in [0.3, 0.4) is 0 Å². The Labute approximate surface area is 120 Å². The summed E-state index contributed by atoms with van der Waals surface area (Å²) in [6.07, 6.45) is 0.791.